The van der Waals surface area contributed by atoms with E-state index in [4.69, 9.17) is 0 Å². The van der Waals surface area contributed by atoms with Crippen LogP contribution in [0.25, 0.3) is 0 Å². The molecule has 0 aromatic carbocycles. The quantitative estimate of drug-likeness (QED) is 0.508. The maximum Gasteiger partial charge on any atom is 0.155 e. The first-order valence-electron chi connectivity index (χ1n) is 12.6. The highest BCUT2D eigenvalue weighted by atomic mass is 16.3. The van der Waals surface area contributed by atoms with Gasteiger partial charge in [-0.25, -0.2) is 0 Å². The van der Waals surface area contributed by atoms with E-state index in [1.165, 1.54) is 24.8 Å². The SMILES string of the molecule is C=C(CCC(C)C1CCC2C3CCC4CC(=O)C=CC4(C)C3(O)CCC12C)C(C)C. The van der Waals surface area contributed by atoms with Crippen molar-refractivity contribution in [3.05, 3.63) is 24.3 Å². The van der Waals surface area contributed by atoms with Gasteiger partial charge in [0, 0.05) is 11.8 Å². The summed E-state index contributed by atoms with van der Waals surface area (Å²) in [5.74, 6) is 3.65. The van der Waals surface area contributed by atoms with E-state index in [1.807, 2.05) is 0 Å². The molecule has 0 bridgehead atoms. The lowest BCUT2D eigenvalue weighted by atomic mass is 9.43. The van der Waals surface area contributed by atoms with Gasteiger partial charge >= 0.3 is 0 Å². The minimum atomic E-state index is -0.638. The van der Waals surface area contributed by atoms with Crippen molar-refractivity contribution in [2.75, 3.05) is 0 Å². The predicted molar refractivity (Wildman–Crippen MR) is 124 cm³/mol. The van der Waals surface area contributed by atoms with Crippen molar-refractivity contribution >= 4 is 5.78 Å². The third-order valence-corrected chi connectivity index (χ3v) is 10.7. The molecule has 2 heteroatoms. The molecule has 0 amide bonds. The molecule has 4 aliphatic rings. The second kappa shape index (κ2) is 7.61. The van der Waals surface area contributed by atoms with Gasteiger partial charge in [0.05, 0.1) is 5.60 Å². The van der Waals surface area contributed by atoms with Gasteiger partial charge in [-0.15, -0.1) is 0 Å². The van der Waals surface area contributed by atoms with E-state index in [1.54, 1.807) is 6.08 Å². The zero-order valence-electron chi connectivity index (χ0n) is 20.0. The molecule has 4 aliphatic carbocycles. The lowest BCUT2D eigenvalue weighted by Crippen LogP contribution is -2.64. The van der Waals surface area contributed by atoms with E-state index < -0.39 is 5.60 Å². The van der Waals surface area contributed by atoms with Gasteiger partial charge in [-0.05, 0) is 98.4 Å². The van der Waals surface area contributed by atoms with Gasteiger partial charge in [0.25, 0.3) is 0 Å². The van der Waals surface area contributed by atoms with E-state index >= 15 is 0 Å². The summed E-state index contributed by atoms with van der Waals surface area (Å²) in [5, 5.41) is 12.2. The van der Waals surface area contributed by atoms with Crippen molar-refractivity contribution in [1.29, 1.82) is 0 Å². The third-order valence-electron chi connectivity index (χ3n) is 10.7. The molecule has 0 aliphatic heterocycles. The summed E-state index contributed by atoms with van der Waals surface area (Å²) in [4.78, 5) is 12.1. The van der Waals surface area contributed by atoms with Crippen LogP contribution in [-0.4, -0.2) is 16.5 Å². The molecule has 30 heavy (non-hydrogen) atoms. The third kappa shape index (κ3) is 3.19. The molecule has 8 atom stereocenters. The summed E-state index contributed by atoms with van der Waals surface area (Å²) >= 11 is 0. The molecule has 0 heterocycles. The number of hydrogen-bond acceptors (Lipinski definition) is 2. The van der Waals surface area contributed by atoms with E-state index in [-0.39, 0.29) is 11.2 Å². The highest BCUT2D eigenvalue weighted by molar-refractivity contribution is 5.91. The van der Waals surface area contributed by atoms with E-state index in [0.29, 0.717) is 35.5 Å². The Hall–Kier alpha value is -0.890. The molecule has 0 aromatic heterocycles. The molecule has 1 N–H and O–H groups in total. The molecule has 168 valence electrons. The maximum atomic E-state index is 12.2. The Bertz CT molecular complexity index is 735. The number of allylic oxidation sites excluding steroid dienone is 2. The molecule has 4 rings (SSSR count). The molecule has 0 spiro atoms. The smallest absolute Gasteiger partial charge is 0.155 e. The molecule has 8 unspecified atom stereocenters. The molecule has 2 nitrogen and oxygen atoms in total. The van der Waals surface area contributed by atoms with Crippen LogP contribution in [0.4, 0.5) is 0 Å². The first-order chi connectivity index (χ1) is 14.0. The van der Waals surface area contributed by atoms with Crippen molar-refractivity contribution in [3.63, 3.8) is 0 Å². The van der Waals surface area contributed by atoms with E-state index in [2.05, 4.69) is 47.3 Å². The van der Waals surface area contributed by atoms with Gasteiger partial charge in [0.2, 0.25) is 0 Å². The van der Waals surface area contributed by atoms with Crippen LogP contribution in [0.3, 0.4) is 0 Å². The molecule has 3 saturated carbocycles. The Balaban J connectivity index is 1.54. The van der Waals surface area contributed by atoms with Crippen LogP contribution in [0, 0.1) is 46.3 Å². The highest BCUT2D eigenvalue weighted by Gasteiger charge is 2.66. The largest absolute Gasteiger partial charge is 0.389 e. The van der Waals surface area contributed by atoms with Crippen LogP contribution >= 0.6 is 0 Å². The van der Waals surface area contributed by atoms with Gasteiger partial charge in [-0.1, -0.05) is 52.8 Å². The Morgan fingerprint density at radius 2 is 1.83 bits per heavy atom. The number of aliphatic hydroxyl groups is 1. The molecule has 3 fully saturated rings. The Morgan fingerprint density at radius 3 is 2.53 bits per heavy atom. The zero-order chi connectivity index (χ0) is 21.9. The molecular formula is C28H44O2. The van der Waals surface area contributed by atoms with Crippen molar-refractivity contribution < 1.29 is 9.90 Å². The van der Waals surface area contributed by atoms with Gasteiger partial charge in [0.15, 0.2) is 5.78 Å². The number of rotatable bonds is 5. The van der Waals surface area contributed by atoms with Gasteiger partial charge in [-0.2, -0.15) is 0 Å². The minimum Gasteiger partial charge on any atom is -0.389 e. The van der Waals surface area contributed by atoms with Gasteiger partial charge in [0.1, 0.15) is 0 Å². The van der Waals surface area contributed by atoms with Crippen molar-refractivity contribution in [2.24, 2.45) is 46.3 Å². The Kier molecular flexibility index (Phi) is 5.66. The zero-order valence-corrected chi connectivity index (χ0v) is 20.0. The van der Waals surface area contributed by atoms with Crippen LogP contribution in [0.1, 0.15) is 92.4 Å². The fraction of sp³-hybridized carbons (Fsp3) is 0.821. The fourth-order valence-electron chi connectivity index (χ4n) is 8.45. The average Bonchev–Trinajstić information content (AvgIpc) is 3.04. The maximum absolute atomic E-state index is 12.2. The normalized spacial score (nSPS) is 46.3. The first-order valence-corrected chi connectivity index (χ1v) is 12.6. The van der Waals surface area contributed by atoms with Crippen molar-refractivity contribution in [2.45, 2.75) is 98.0 Å². The number of fused-ring (bicyclic) bond motifs is 5. The molecule has 0 radical (unpaired) electrons. The van der Waals surface area contributed by atoms with Crippen LogP contribution in [-0.2, 0) is 4.79 Å². The summed E-state index contributed by atoms with van der Waals surface area (Å²) in [6.45, 7) is 16.1. The van der Waals surface area contributed by atoms with E-state index in [9.17, 15) is 9.90 Å². The second-order valence-corrected chi connectivity index (χ2v) is 12.2. The number of carbonyl (C=O) groups excluding carboxylic acids is 1. The summed E-state index contributed by atoms with van der Waals surface area (Å²) in [6.07, 6.45) is 13.7. The lowest BCUT2D eigenvalue weighted by molar-refractivity contribution is -0.212. The van der Waals surface area contributed by atoms with Crippen LogP contribution < -0.4 is 0 Å². The summed E-state index contributed by atoms with van der Waals surface area (Å²) in [6, 6.07) is 0. The summed E-state index contributed by atoms with van der Waals surface area (Å²) < 4.78 is 0. The molecular weight excluding hydrogens is 368 g/mol. The summed E-state index contributed by atoms with van der Waals surface area (Å²) in [7, 11) is 0. The number of ketones is 1. The van der Waals surface area contributed by atoms with E-state index in [0.717, 1.165) is 43.9 Å². The van der Waals surface area contributed by atoms with Crippen LogP contribution in [0.5, 0.6) is 0 Å². The topological polar surface area (TPSA) is 37.3 Å². The molecule has 0 saturated heterocycles. The Labute approximate surface area is 184 Å². The number of carbonyl (C=O) groups is 1. The van der Waals surface area contributed by atoms with Crippen LogP contribution in [0.15, 0.2) is 24.3 Å². The minimum absolute atomic E-state index is 0.232. The van der Waals surface area contributed by atoms with Gasteiger partial charge in [-0.3, -0.25) is 4.79 Å². The lowest BCUT2D eigenvalue weighted by Gasteiger charge is -2.63. The first kappa shape index (κ1) is 22.3. The second-order valence-electron chi connectivity index (χ2n) is 12.2. The predicted octanol–water partition coefficient (Wildman–Crippen LogP) is 6.73. The average molecular weight is 413 g/mol. The summed E-state index contributed by atoms with van der Waals surface area (Å²) in [5.41, 5.74) is 0.877. The molecule has 0 aromatic rings. The number of hydrogen-bond donors (Lipinski definition) is 1. The van der Waals surface area contributed by atoms with Crippen molar-refractivity contribution in [1.82, 2.24) is 0 Å². The van der Waals surface area contributed by atoms with Crippen molar-refractivity contribution in [3.8, 4) is 0 Å². The monoisotopic (exact) mass is 412 g/mol. The Morgan fingerprint density at radius 1 is 1.13 bits per heavy atom. The fourth-order valence-corrected chi connectivity index (χ4v) is 8.45. The standard InChI is InChI=1S/C28H44O2/c1-18(2)19(3)7-8-20(4)23-11-12-24-25-10-9-21-17-22(29)13-14-27(21,6)28(25,30)16-15-26(23,24)5/h13-14,18,20-21,23-25,30H,3,7-12,15-17H2,1-2,4-6H3. The van der Waals surface area contributed by atoms with Gasteiger partial charge < -0.3 is 5.11 Å². The van der Waals surface area contributed by atoms with Crippen LogP contribution in [0.2, 0.25) is 0 Å². The highest BCUT2D eigenvalue weighted by Crippen LogP contribution is 2.69.